The number of aryl methyl sites for hydroxylation is 2. The molecule has 0 aliphatic carbocycles. The lowest BCUT2D eigenvalue weighted by atomic mass is 10.1. The van der Waals surface area contributed by atoms with Crippen molar-refractivity contribution in [2.24, 2.45) is 0 Å². The van der Waals surface area contributed by atoms with Crippen LogP contribution in [0.3, 0.4) is 0 Å². The zero-order valence-electron chi connectivity index (χ0n) is 13.7. The number of hydrogen-bond donors (Lipinski definition) is 1. The number of benzene rings is 2. The molecule has 24 heavy (non-hydrogen) atoms. The summed E-state index contributed by atoms with van der Waals surface area (Å²) in [5.74, 6) is 0.950. The molecular weight excluding hydrogens is 296 g/mol. The molecule has 0 fully saturated rings. The molecule has 0 atom stereocenters. The Kier molecular flexibility index (Phi) is 3.50. The molecule has 4 rings (SSSR count). The first-order valence-corrected chi connectivity index (χ1v) is 7.94. The van der Waals surface area contributed by atoms with Crippen molar-refractivity contribution < 1.29 is 0 Å². The first-order valence-electron chi connectivity index (χ1n) is 7.94. The zero-order chi connectivity index (χ0) is 16.5. The first kappa shape index (κ1) is 14.5. The summed E-state index contributed by atoms with van der Waals surface area (Å²) in [5.41, 5.74) is 6.33. The molecule has 2 aromatic heterocycles. The minimum absolute atomic E-state index is 0.823. The van der Waals surface area contributed by atoms with Crippen LogP contribution in [0.15, 0.2) is 67.1 Å². The van der Waals surface area contributed by atoms with Crippen molar-refractivity contribution in [3.05, 3.63) is 78.2 Å². The van der Waals surface area contributed by atoms with Gasteiger partial charge in [-0.2, -0.15) is 0 Å². The third kappa shape index (κ3) is 2.52. The summed E-state index contributed by atoms with van der Waals surface area (Å²) in [7, 11) is 0. The van der Waals surface area contributed by atoms with Crippen molar-refractivity contribution in [1.29, 1.82) is 0 Å². The van der Waals surface area contributed by atoms with Crippen LogP contribution < -0.4 is 5.32 Å². The Balaban J connectivity index is 1.90. The Morgan fingerprint density at radius 2 is 1.75 bits per heavy atom. The lowest BCUT2D eigenvalue weighted by molar-refractivity contribution is 1.13. The van der Waals surface area contributed by atoms with Gasteiger partial charge in [0, 0.05) is 23.6 Å². The second kappa shape index (κ2) is 5.81. The van der Waals surface area contributed by atoms with Crippen molar-refractivity contribution >= 4 is 17.2 Å². The van der Waals surface area contributed by atoms with E-state index in [1.54, 1.807) is 12.4 Å². The summed E-state index contributed by atoms with van der Waals surface area (Å²) >= 11 is 0. The normalized spacial score (nSPS) is 10.9. The highest BCUT2D eigenvalue weighted by molar-refractivity contribution is 5.80. The molecule has 0 bridgehead atoms. The van der Waals surface area contributed by atoms with Crippen LogP contribution in [0.5, 0.6) is 0 Å². The molecule has 0 unspecified atom stereocenters. The van der Waals surface area contributed by atoms with Crippen molar-refractivity contribution in [1.82, 2.24) is 14.4 Å². The number of fused-ring (bicyclic) bond motifs is 1. The van der Waals surface area contributed by atoms with E-state index in [0.29, 0.717) is 0 Å². The standard InChI is InChI=1S/C20H18N4/c1-14-7-9-16(10-8-14)19-20(22-17-6-4-3-5-15(17)2)24-12-11-21-13-18(24)23-19/h3-13,22H,1-2H3. The van der Waals surface area contributed by atoms with E-state index in [1.165, 1.54) is 11.1 Å². The van der Waals surface area contributed by atoms with Gasteiger partial charge in [0.1, 0.15) is 11.5 Å². The van der Waals surface area contributed by atoms with Gasteiger partial charge in [0.25, 0.3) is 0 Å². The average molecular weight is 314 g/mol. The number of hydrogen-bond acceptors (Lipinski definition) is 3. The maximum atomic E-state index is 4.78. The van der Waals surface area contributed by atoms with Crippen LogP contribution in [-0.4, -0.2) is 14.4 Å². The van der Waals surface area contributed by atoms with Gasteiger partial charge in [-0.25, -0.2) is 4.98 Å². The van der Waals surface area contributed by atoms with Crippen LogP contribution in [0.25, 0.3) is 16.9 Å². The van der Waals surface area contributed by atoms with E-state index >= 15 is 0 Å². The summed E-state index contributed by atoms with van der Waals surface area (Å²) in [6.45, 7) is 4.18. The van der Waals surface area contributed by atoms with Gasteiger partial charge in [-0.3, -0.25) is 9.38 Å². The van der Waals surface area contributed by atoms with Crippen molar-refractivity contribution in [2.45, 2.75) is 13.8 Å². The second-order valence-electron chi connectivity index (χ2n) is 5.92. The predicted octanol–water partition coefficient (Wildman–Crippen LogP) is 4.76. The third-order valence-corrected chi connectivity index (χ3v) is 4.15. The topological polar surface area (TPSA) is 42.2 Å². The Morgan fingerprint density at radius 1 is 0.958 bits per heavy atom. The summed E-state index contributed by atoms with van der Waals surface area (Å²) in [6, 6.07) is 16.7. The number of aromatic nitrogens is 3. The molecule has 0 aliphatic rings. The van der Waals surface area contributed by atoms with Gasteiger partial charge in [0.15, 0.2) is 5.65 Å². The molecule has 4 heteroatoms. The number of imidazole rings is 1. The summed E-state index contributed by atoms with van der Waals surface area (Å²) in [4.78, 5) is 8.96. The molecule has 0 spiro atoms. The predicted molar refractivity (Wildman–Crippen MR) is 97.6 cm³/mol. The minimum Gasteiger partial charge on any atom is -0.339 e. The first-order chi connectivity index (χ1) is 11.7. The maximum Gasteiger partial charge on any atom is 0.157 e. The lowest BCUT2D eigenvalue weighted by Gasteiger charge is -2.11. The molecule has 4 nitrogen and oxygen atoms in total. The highest BCUT2D eigenvalue weighted by Crippen LogP contribution is 2.31. The van der Waals surface area contributed by atoms with Crippen LogP contribution >= 0.6 is 0 Å². The van der Waals surface area contributed by atoms with E-state index in [1.807, 2.05) is 22.7 Å². The van der Waals surface area contributed by atoms with Gasteiger partial charge in [-0.1, -0.05) is 48.0 Å². The Hall–Kier alpha value is -3.14. The fraction of sp³-hybridized carbons (Fsp3) is 0.100. The summed E-state index contributed by atoms with van der Waals surface area (Å²) < 4.78 is 2.04. The molecule has 0 saturated carbocycles. The van der Waals surface area contributed by atoms with Crippen LogP contribution in [0, 0.1) is 13.8 Å². The monoisotopic (exact) mass is 314 g/mol. The molecule has 2 heterocycles. The summed E-state index contributed by atoms with van der Waals surface area (Å²) in [6.07, 6.45) is 5.48. The smallest absolute Gasteiger partial charge is 0.157 e. The highest BCUT2D eigenvalue weighted by atomic mass is 15.1. The lowest BCUT2D eigenvalue weighted by Crippen LogP contribution is -1.98. The molecule has 1 N–H and O–H groups in total. The molecule has 4 aromatic rings. The number of para-hydroxylation sites is 1. The average Bonchev–Trinajstić information content (AvgIpc) is 2.96. The molecular formula is C20H18N4. The van der Waals surface area contributed by atoms with Gasteiger partial charge in [-0.15, -0.1) is 0 Å². The zero-order valence-corrected chi connectivity index (χ0v) is 13.7. The van der Waals surface area contributed by atoms with Crippen LogP contribution in [-0.2, 0) is 0 Å². The fourth-order valence-corrected chi connectivity index (χ4v) is 2.78. The van der Waals surface area contributed by atoms with Crippen molar-refractivity contribution in [3.63, 3.8) is 0 Å². The minimum atomic E-state index is 0.823. The fourth-order valence-electron chi connectivity index (χ4n) is 2.78. The Labute approximate surface area is 140 Å². The highest BCUT2D eigenvalue weighted by Gasteiger charge is 2.14. The molecule has 2 aromatic carbocycles. The number of rotatable bonds is 3. The maximum absolute atomic E-state index is 4.78. The SMILES string of the molecule is Cc1ccc(-c2nc3cnccn3c2Nc2ccccc2C)cc1. The quantitative estimate of drug-likeness (QED) is 0.593. The molecule has 0 aliphatic heterocycles. The molecule has 0 amide bonds. The van der Waals surface area contributed by atoms with E-state index in [2.05, 4.69) is 60.5 Å². The van der Waals surface area contributed by atoms with Crippen LogP contribution in [0.4, 0.5) is 11.5 Å². The second-order valence-corrected chi connectivity index (χ2v) is 5.92. The number of nitrogens with one attached hydrogen (secondary N) is 1. The van der Waals surface area contributed by atoms with Gasteiger partial charge in [-0.05, 0) is 25.5 Å². The molecule has 0 saturated heterocycles. The van der Waals surface area contributed by atoms with Crippen molar-refractivity contribution in [3.8, 4) is 11.3 Å². The van der Waals surface area contributed by atoms with E-state index in [9.17, 15) is 0 Å². The number of anilines is 2. The molecule has 0 radical (unpaired) electrons. The Morgan fingerprint density at radius 3 is 2.54 bits per heavy atom. The van der Waals surface area contributed by atoms with E-state index < -0.39 is 0 Å². The van der Waals surface area contributed by atoms with Gasteiger partial charge >= 0.3 is 0 Å². The van der Waals surface area contributed by atoms with Crippen LogP contribution in [0.2, 0.25) is 0 Å². The van der Waals surface area contributed by atoms with Gasteiger partial charge in [0.05, 0.1) is 6.20 Å². The summed E-state index contributed by atoms with van der Waals surface area (Å²) in [5, 5.41) is 3.55. The Bertz CT molecular complexity index is 1000. The third-order valence-electron chi connectivity index (χ3n) is 4.15. The largest absolute Gasteiger partial charge is 0.339 e. The van der Waals surface area contributed by atoms with E-state index in [4.69, 9.17) is 4.98 Å². The van der Waals surface area contributed by atoms with Crippen molar-refractivity contribution in [2.75, 3.05) is 5.32 Å². The van der Waals surface area contributed by atoms with Crippen LogP contribution in [0.1, 0.15) is 11.1 Å². The van der Waals surface area contributed by atoms with E-state index in [-0.39, 0.29) is 0 Å². The van der Waals surface area contributed by atoms with Gasteiger partial charge < -0.3 is 5.32 Å². The molecule has 118 valence electrons. The van der Waals surface area contributed by atoms with Gasteiger partial charge in [0.2, 0.25) is 0 Å². The van der Waals surface area contributed by atoms with E-state index in [0.717, 1.165) is 28.4 Å². The number of nitrogens with zero attached hydrogens (tertiary/aromatic N) is 3.